The minimum atomic E-state index is -0.851. The lowest BCUT2D eigenvalue weighted by Crippen LogP contribution is -2.42. The summed E-state index contributed by atoms with van der Waals surface area (Å²) in [4.78, 5) is 24.6. The Labute approximate surface area is 104 Å². The lowest BCUT2D eigenvalue weighted by Gasteiger charge is -2.30. The van der Waals surface area contributed by atoms with Crippen molar-refractivity contribution in [1.82, 2.24) is 4.90 Å². The fraction of sp³-hybridized carbons (Fsp3) is 0.846. The van der Waals surface area contributed by atoms with E-state index in [-0.39, 0.29) is 11.9 Å². The fourth-order valence-corrected chi connectivity index (χ4v) is 1.59. The molecule has 0 radical (unpaired) electrons. The highest BCUT2D eigenvalue weighted by Crippen LogP contribution is 2.13. The number of amides is 1. The molecule has 17 heavy (non-hydrogen) atoms. The van der Waals surface area contributed by atoms with Crippen LogP contribution >= 0.6 is 0 Å². The summed E-state index contributed by atoms with van der Waals surface area (Å²) in [5.74, 6) is -1.01. The highest BCUT2D eigenvalue weighted by Gasteiger charge is 2.24. The summed E-state index contributed by atoms with van der Waals surface area (Å²) < 4.78 is 0. The molecule has 2 atom stereocenters. The average molecular weight is 243 g/mol. The van der Waals surface area contributed by atoms with Gasteiger partial charge in [0.05, 0.1) is 5.92 Å². The molecule has 0 rings (SSSR count). The second-order valence-electron chi connectivity index (χ2n) is 5.14. The van der Waals surface area contributed by atoms with Crippen LogP contribution in [0.4, 0.5) is 0 Å². The number of carboxylic acid groups (broad SMARTS) is 1. The topological polar surface area (TPSA) is 57.6 Å². The SMILES string of the molecule is CCC(C)N(CC(C)C(=O)O)C(=O)CC(C)C. The van der Waals surface area contributed by atoms with Gasteiger partial charge in [0.1, 0.15) is 0 Å². The van der Waals surface area contributed by atoms with E-state index < -0.39 is 11.9 Å². The molecule has 2 unspecified atom stereocenters. The summed E-state index contributed by atoms with van der Waals surface area (Å²) in [6.45, 7) is 9.90. The summed E-state index contributed by atoms with van der Waals surface area (Å²) in [5.41, 5.74) is 0. The van der Waals surface area contributed by atoms with Crippen LogP contribution in [0.5, 0.6) is 0 Å². The van der Waals surface area contributed by atoms with Crippen LogP contribution in [0.1, 0.15) is 47.5 Å². The molecule has 4 nitrogen and oxygen atoms in total. The second kappa shape index (κ2) is 7.30. The van der Waals surface area contributed by atoms with Crippen LogP contribution in [0.2, 0.25) is 0 Å². The van der Waals surface area contributed by atoms with Crippen molar-refractivity contribution in [1.29, 1.82) is 0 Å². The molecule has 0 bridgehead atoms. The maximum Gasteiger partial charge on any atom is 0.308 e. The van der Waals surface area contributed by atoms with Crippen LogP contribution in [0.3, 0.4) is 0 Å². The first-order valence-electron chi connectivity index (χ1n) is 6.31. The number of nitrogens with zero attached hydrogens (tertiary/aromatic N) is 1. The Kier molecular flexibility index (Phi) is 6.85. The molecule has 0 heterocycles. The number of aliphatic carboxylic acids is 1. The van der Waals surface area contributed by atoms with Gasteiger partial charge in [0.25, 0.3) is 0 Å². The van der Waals surface area contributed by atoms with Gasteiger partial charge in [-0.05, 0) is 19.3 Å². The van der Waals surface area contributed by atoms with E-state index in [9.17, 15) is 9.59 Å². The van der Waals surface area contributed by atoms with Crippen LogP contribution in [-0.4, -0.2) is 34.5 Å². The van der Waals surface area contributed by atoms with E-state index in [2.05, 4.69) is 0 Å². The van der Waals surface area contributed by atoms with Crippen LogP contribution in [0.25, 0.3) is 0 Å². The molecule has 0 aromatic carbocycles. The third-order valence-corrected chi connectivity index (χ3v) is 2.92. The van der Waals surface area contributed by atoms with Gasteiger partial charge < -0.3 is 10.0 Å². The van der Waals surface area contributed by atoms with Gasteiger partial charge in [0, 0.05) is 19.0 Å². The van der Waals surface area contributed by atoms with Crippen molar-refractivity contribution in [3.05, 3.63) is 0 Å². The second-order valence-corrected chi connectivity index (χ2v) is 5.14. The van der Waals surface area contributed by atoms with Gasteiger partial charge in [-0.3, -0.25) is 9.59 Å². The molecule has 0 spiro atoms. The molecule has 1 amide bonds. The maximum atomic E-state index is 12.0. The standard InChI is InChI=1S/C13H25NO3/c1-6-11(5)14(8-10(4)13(16)17)12(15)7-9(2)3/h9-11H,6-8H2,1-5H3,(H,16,17). The first-order chi connectivity index (χ1) is 7.79. The van der Waals surface area contributed by atoms with Crippen molar-refractivity contribution >= 4 is 11.9 Å². The van der Waals surface area contributed by atoms with E-state index in [4.69, 9.17) is 5.11 Å². The molecule has 1 N–H and O–H groups in total. The van der Waals surface area contributed by atoms with E-state index in [1.165, 1.54) is 0 Å². The molecule has 4 heteroatoms. The smallest absolute Gasteiger partial charge is 0.308 e. The van der Waals surface area contributed by atoms with Crippen LogP contribution in [0.15, 0.2) is 0 Å². The third kappa shape index (κ3) is 5.71. The Bertz CT molecular complexity index is 263. The maximum absolute atomic E-state index is 12.0. The van der Waals surface area contributed by atoms with Gasteiger partial charge in [-0.25, -0.2) is 0 Å². The van der Waals surface area contributed by atoms with Crippen LogP contribution < -0.4 is 0 Å². The van der Waals surface area contributed by atoms with Gasteiger partial charge in [0.15, 0.2) is 0 Å². The quantitative estimate of drug-likeness (QED) is 0.747. The lowest BCUT2D eigenvalue weighted by atomic mass is 10.1. The van der Waals surface area contributed by atoms with Gasteiger partial charge in [0.2, 0.25) is 5.91 Å². The number of carbonyl (C=O) groups is 2. The first-order valence-corrected chi connectivity index (χ1v) is 6.31. The zero-order chi connectivity index (χ0) is 13.6. The molecule has 0 saturated heterocycles. The van der Waals surface area contributed by atoms with Crippen molar-refractivity contribution in [3.8, 4) is 0 Å². The lowest BCUT2D eigenvalue weighted by molar-refractivity contribution is -0.144. The Balaban J connectivity index is 4.64. The van der Waals surface area contributed by atoms with Crippen molar-refractivity contribution in [2.24, 2.45) is 11.8 Å². The zero-order valence-electron chi connectivity index (χ0n) is 11.6. The highest BCUT2D eigenvalue weighted by molar-refractivity contribution is 5.78. The van der Waals surface area contributed by atoms with Gasteiger partial charge in [-0.2, -0.15) is 0 Å². The number of carboxylic acids is 1. The molecule has 100 valence electrons. The molecule has 0 saturated carbocycles. The van der Waals surface area contributed by atoms with Gasteiger partial charge >= 0.3 is 5.97 Å². The normalized spacial score (nSPS) is 14.5. The Morgan fingerprint density at radius 1 is 1.18 bits per heavy atom. The van der Waals surface area contributed by atoms with Gasteiger partial charge in [-0.15, -0.1) is 0 Å². The molecular formula is C13H25NO3. The largest absolute Gasteiger partial charge is 0.481 e. The molecule has 0 aromatic rings. The van der Waals surface area contributed by atoms with Crippen molar-refractivity contribution in [2.45, 2.75) is 53.5 Å². The molecule has 0 aliphatic carbocycles. The summed E-state index contributed by atoms with van der Waals surface area (Å²) in [6, 6.07) is 0.100. The summed E-state index contributed by atoms with van der Waals surface area (Å²) in [6.07, 6.45) is 1.33. The summed E-state index contributed by atoms with van der Waals surface area (Å²) in [7, 11) is 0. The number of rotatable bonds is 7. The van der Waals surface area contributed by atoms with E-state index in [1.54, 1.807) is 11.8 Å². The first kappa shape index (κ1) is 15.9. The van der Waals surface area contributed by atoms with Crippen molar-refractivity contribution in [2.75, 3.05) is 6.54 Å². The predicted octanol–water partition coefficient (Wildman–Crippen LogP) is 2.38. The van der Waals surface area contributed by atoms with Crippen LogP contribution in [-0.2, 0) is 9.59 Å². The third-order valence-electron chi connectivity index (χ3n) is 2.92. The summed E-state index contributed by atoms with van der Waals surface area (Å²) >= 11 is 0. The van der Waals surface area contributed by atoms with E-state index >= 15 is 0 Å². The zero-order valence-corrected chi connectivity index (χ0v) is 11.6. The van der Waals surface area contributed by atoms with Crippen LogP contribution in [0, 0.1) is 11.8 Å². The van der Waals surface area contributed by atoms with Crippen molar-refractivity contribution in [3.63, 3.8) is 0 Å². The minimum absolute atomic E-state index is 0.0578. The van der Waals surface area contributed by atoms with Gasteiger partial charge in [-0.1, -0.05) is 27.7 Å². The van der Waals surface area contributed by atoms with E-state index in [0.29, 0.717) is 18.9 Å². The predicted molar refractivity (Wildman–Crippen MR) is 67.7 cm³/mol. The summed E-state index contributed by atoms with van der Waals surface area (Å²) in [5, 5.41) is 8.91. The number of carbonyl (C=O) groups excluding carboxylic acids is 1. The Morgan fingerprint density at radius 2 is 1.71 bits per heavy atom. The Morgan fingerprint density at radius 3 is 2.06 bits per heavy atom. The molecule has 0 fully saturated rings. The highest BCUT2D eigenvalue weighted by atomic mass is 16.4. The molecule has 0 aliphatic rings. The molecular weight excluding hydrogens is 218 g/mol. The number of hydrogen-bond donors (Lipinski definition) is 1. The molecule has 0 aliphatic heterocycles. The monoisotopic (exact) mass is 243 g/mol. The van der Waals surface area contributed by atoms with E-state index in [1.807, 2.05) is 27.7 Å². The molecule has 0 aromatic heterocycles. The Hall–Kier alpha value is -1.06. The fourth-order valence-electron chi connectivity index (χ4n) is 1.59. The average Bonchev–Trinajstić information content (AvgIpc) is 2.22. The van der Waals surface area contributed by atoms with Crippen molar-refractivity contribution < 1.29 is 14.7 Å². The minimum Gasteiger partial charge on any atom is -0.481 e. The van der Waals surface area contributed by atoms with E-state index in [0.717, 1.165) is 6.42 Å². The number of hydrogen-bond acceptors (Lipinski definition) is 2.